The number of anilines is 5. The van der Waals surface area contributed by atoms with E-state index in [1.165, 1.54) is 25.2 Å². The second kappa shape index (κ2) is 9.13. The molecule has 0 fully saturated rings. The molecule has 2 aromatic carbocycles. The van der Waals surface area contributed by atoms with Gasteiger partial charge in [0.15, 0.2) is 12.4 Å². The number of hydrogen-bond donors (Lipinski definition) is 4. The molecule has 4 rings (SSSR count). The van der Waals surface area contributed by atoms with Crippen LogP contribution in [0.25, 0.3) is 0 Å². The Balaban J connectivity index is 1.49. The van der Waals surface area contributed by atoms with E-state index < -0.39 is 17.8 Å². The number of halogens is 3. The predicted octanol–water partition coefficient (Wildman–Crippen LogP) is 2.57. The molecule has 0 saturated heterocycles. The number of aromatic amines is 1. The third-order valence-corrected chi connectivity index (χ3v) is 4.52. The van der Waals surface area contributed by atoms with Crippen molar-refractivity contribution in [2.24, 2.45) is 0 Å². The quantitative estimate of drug-likeness (QED) is 0.414. The number of alkyl halides is 2. The SMILES string of the molecule is CNC(=O)COc1cccc(Nc2nc(Nc3ccc4c(c3)NC(=O)C(F)(F)O4)c(F)c[nH+]2)c1. The largest absolute Gasteiger partial charge is 0.484 e. The van der Waals surface area contributed by atoms with Gasteiger partial charge in [-0.1, -0.05) is 6.07 Å². The van der Waals surface area contributed by atoms with E-state index >= 15 is 0 Å². The first kappa shape index (κ1) is 22.6. The maximum Gasteiger partial charge on any atom is 0.482 e. The Kier molecular flexibility index (Phi) is 6.08. The highest BCUT2D eigenvalue weighted by Crippen LogP contribution is 2.37. The van der Waals surface area contributed by atoms with Crippen molar-refractivity contribution >= 4 is 40.6 Å². The minimum Gasteiger partial charge on any atom is -0.484 e. The van der Waals surface area contributed by atoms with E-state index in [0.717, 1.165) is 6.20 Å². The molecule has 0 radical (unpaired) electrons. The molecule has 0 unspecified atom stereocenters. The van der Waals surface area contributed by atoms with E-state index in [0.29, 0.717) is 11.4 Å². The van der Waals surface area contributed by atoms with Crippen LogP contribution < -0.4 is 35.7 Å². The molecule has 0 aliphatic carbocycles. The maximum atomic E-state index is 14.3. The van der Waals surface area contributed by atoms with Gasteiger partial charge in [0.25, 0.3) is 5.91 Å². The maximum absolute atomic E-state index is 14.3. The number of aromatic nitrogens is 2. The third kappa shape index (κ3) is 5.09. The number of ether oxygens (including phenoxy) is 2. The molecular weight excluding hydrogens is 457 g/mol. The highest BCUT2D eigenvalue weighted by Gasteiger charge is 2.46. The summed E-state index contributed by atoms with van der Waals surface area (Å²) >= 11 is 0. The van der Waals surface area contributed by atoms with Gasteiger partial charge in [0.2, 0.25) is 11.6 Å². The first-order valence-electron chi connectivity index (χ1n) is 9.81. The van der Waals surface area contributed by atoms with Crippen molar-refractivity contribution in [2.75, 3.05) is 29.6 Å². The molecule has 3 aromatic rings. The Morgan fingerprint density at radius 2 is 2.00 bits per heavy atom. The zero-order chi connectivity index (χ0) is 24.3. The van der Waals surface area contributed by atoms with Crippen molar-refractivity contribution in [3.8, 4) is 11.5 Å². The first-order valence-corrected chi connectivity index (χ1v) is 9.81. The minimum absolute atomic E-state index is 0.00394. The third-order valence-electron chi connectivity index (χ3n) is 4.52. The summed E-state index contributed by atoms with van der Waals surface area (Å²) < 4.78 is 50.8. The predicted molar refractivity (Wildman–Crippen MR) is 114 cm³/mol. The zero-order valence-electron chi connectivity index (χ0n) is 17.5. The van der Waals surface area contributed by atoms with Crippen molar-refractivity contribution in [3.63, 3.8) is 0 Å². The lowest BCUT2D eigenvalue weighted by atomic mass is 10.2. The average molecular weight is 475 g/mol. The van der Waals surface area contributed by atoms with E-state index in [9.17, 15) is 22.8 Å². The topological polar surface area (TPSA) is 128 Å². The molecule has 0 saturated carbocycles. The van der Waals surface area contributed by atoms with Gasteiger partial charge in [0.05, 0.1) is 5.69 Å². The highest BCUT2D eigenvalue weighted by atomic mass is 19.3. The summed E-state index contributed by atoms with van der Waals surface area (Å²) in [6.45, 7) is -0.154. The van der Waals surface area contributed by atoms with Crippen LogP contribution in [-0.2, 0) is 9.59 Å². The second-order valence-corrected chi connectivity index (χ2v) is 6.97. The van der Waals surface area contributed by atoms with Gasteiger partial charge in [-0.15, -0.1) is 0 Å². The molecule has 34 heavy (non-hydrogen) atoms. The van der Waals surface area contributed by atoms with Gasteiger partial charge in [-0.25, -0.2) is 10.3 Å². The fraction of sp³-hybridized carbons (Fsp3) is 0.143. The molecule has 1 aliphatic rings. The number of likely N-dealkylation sites (N-methyl/N-ethyl adjacent to an activating group) is 1. The van der Waals surface area contributed by atoms with Gasteiger partial charge in [0.1, 0.15) is 17.6 Å². The average Bonchev–Trinajstić information content (AvgIpc) is 2.81. The Morgan fingerprint density at radius 3 is 2.79 bits per heavy atom. The van der Waals surface area contributed by atoms with Crippen LogP contribution in [0, 0.1) is 5.82 Å². The van der Waals surface area contributed by atoms with Crippen LogP contribution in [0.4, 0.5) is 42.0 Å². The Labute approximate surface area is 190 Å². The Morgan fingerprint density at radius 1 is 1.21 bits per heavy atom. The van der Waals surface area contributed by atoms with E-state index in [-0.39, 0.29) is 41.4 Å². The smallest absolute Gasteiger partial charge is 0.482 e. The summed E-state index contributed by atoms with van der Waals surface area (Å²) in [7, 11) is 1.50. The zero-order valence-corrected chi connectivity index (χ0v) is 17.5. The second-order valence-electron chi connectivity index (χ2n) is 6.97. The molecule has 13 heteroatoms. The van der Waals surface area contributed by atoms with Gasteiger partial charge in [-0.05, 0) is 35.3 Å². The Bertz CT molecular complexity index is 1260. The van der Waals surface area contributed by atoms with E-state index in [1.54, 1.807) is 24.3 Å². The van der Waals surface area contributed by atoms with Crippen molar-refractivity contribution < 1.29 is 37.2 Å². The highest BCUT2D eigenvalue weighted by molar-refractivity contribution is 5.99. The molecule has 0 atom stereocenters. The van der Waals surface area contributed by atoms with Crippen molar-refractivity contribution in [2.45, 2.75) is 6.11 Å². The van der Waals surface area contributed by atoms with Crippen LogP contribution in [0.3, 0.4) is 0 Å². The standard InChI is InChI=1S/C21H17F3N6O4/c1-25-17(31)10-33-13-4-2-3-11(7-13)28-20-26-9-14(22)18(30-20)27-12-5-6-16-15(8-12)29-19(32)21(23,24)34-16/h2-9H,10H2,1H3,(H,25,31)(H,29,32)(H2,26,27,28,30)/p+1. The fourth-order valence-electron chi connectivity index (χ4n) is 2.88. The van der Waals surface area contributed by atoms with Crippen LogP contribution >= 0.6 is 0 Å². The van der Waals surface area contributed by atoms with E-state index in [2.05, 4.69) is 30.7 Å². The molecule has 0 spiro atoms. The minimum atomic E-state index is -3.98. The van der Waals surface area contributed by atoms with Gasteiger partial charge >= 0.3 is 18.0 Å². The number of carbonyl (C=O) groups excluding carboxylic acids is 2. The molecule has 5 N–H and O–H groups in total. The van der Waals surface area contributed by atoms with Crippen LogP contribution in [0.2, 0.25) is 0 Å². The monoisotopic (exact) mass is 475 g/mol. The summed E-state index contributed by atoms with van der Waals surface area (Å²) in [5.41, 5.74) is 0.807. The number of amides is 2. The lowest BCUT2D eigenvalue weighted by Gasteiger charge is -2.25. The number of benzene rings is 2. The number of fused-ring (bicyclic) bond motifs is 1. The van der Waals surface area contributed by atoms with E-state index in [1.807, 2.05) is 5.32 Å². The number of hydrogen-bond acceptors (Lipinski definition) is 7. The number of H-pyrrole nitrogens is 1. The van der Waals surface area contributed by atoms with Crippen molar-refractivity contribution in [3.05, 3.63) is 54.5 Å². The van der Waals surface area contributed by atoms with Crippen LogP contribution in [-0.4, -0.2) is 36.6 Å². The first-order chi connectivity index (χ1) is 16.2. The Hall–Kier alpha value is -4.55. The molecule has 1 aliphatic heterocycles. The van der Waals surface area contributed by atoms with Crippen molar-refractivity contribution in [1.82, 2.24) is 10.3 Å². The summed E-state index contributed by atoms with van der Waals surface area (Å²) in [4.78, 5) is 29.5. The van der Waals surface area contributed by atoms with E-state index in [4.69, 9.17) is 4.74 Å². The normalized spacial score (nSPS) is 13.7. The van der Waals surface area contributed by atoms with Crippen LogP contribution in [0.1, 0.15) is 0 Å². The van der Waals surface area contributed by atoms with Crippen LogP contribution in [0.5, 0.6) is 11.5 Å². The molecule has 0 bridgehead atoms. The van der Waals surface area contributed by atoms with Gasteiger partial charge in [0, 0.05) is 18.8 Å². The molecule has 176 valence electrons. The summed E-state index contributed by atoms with van der Waals surface area (Å²) in [6.07, 6.45) is -2.91. The molecule has 1 aromatic heterocycles. The summed E-state index contributed by atoms with van der Waals surface area (Å²) in [5, 5.41) is 10.2. The van der Waals surface area contributed by atoms with Crippen LogP contribution in [0.15, 0.2) is 48.7 Å². The molecule has 2 heterocycles. The molecular formula is C21H18F3N6O4+. The summed E-state index contributed by atoms with van der Waals surface area (Å²) in [5.74, 6) is -2.43. The van der Waals surface area contributed by atoms with Gasteiger partial charge in [-0.3, -0.25) is 9.59 Å². The number of nitrogens with zero attached hydrogens (tertiary/aromatic N) is 1. The molecule has 2 amide bonds. The lowest BCUT2D eigenvalue weighted by Crippen LogP contribution is -2.43. The van der Waals surface area contributed by atoms with Crippen molar-refractivity contribution in [1.29, 1.82) is 0 Å². The number of carbonyl (C=O) groups is 2. The van der Waals surface area contributed by atoms with Gasteiger partial charge < -0.3 is 25.4 Å². The number of nitrogens with one attached hydrogen (secondary N) is 5. The lowest BCUT2D eigenvalue weighted by molar-refractivity contribution is -0.367. The molecule has 10 nitrogen and oxygen atoms in total. The van der Waals surface area contributed by atoms with Gasteiger partial charge in [-0.2, -0.15) is 13.2 Å². The summed E-state index contributed by atoms with van der Waals surface area (Å²) in [6, 6.07) is 10.6. The number of rotatable bonds is 7. The fourth-order valence-corrected chi connectivity index (χ4v) is 2.88.